The number of hydrogen-bond acceptors (Lipinski definition) is 1. The van der Waals surface area contributed by atoms with E-state index in [0.717, 1.165) is 18.1 Å². The lowest BCUT2D eigenvalue weighted by Gasteiger charge is -2.23. The topological polar surface area (TPSA) is 12.0 Å². The molecule has 1 aliphatic rings. The van der Waals surface area contributed by atoms with E-state index < -0.39 is 0 Å². The highest BCUT2D eigenvalue weighted by Gasteiger charge is 2.15. The summed E-state index contributed by atoms with van der Waals surface area (Å²) in [5, 5.41) is 4.29. The Hall–Kier alpha value is 0.200. The fraction of sp³-hybridized carbons (Fsp3) is 0.455. The van der Waals surface area contributed by atoms with Gasteiger partial charge < -0.3 is 5.32 Å². The smallest absolute Gasteiger partial charge is 0.0419 e. The van der Waals surface area contributed by atoms with E-state index in [1.807, 2.05) is 6.07 Å². The van der Waals surface area contributed by atoms with Crippen molar-refractivity contribution in [1.82, 2.24) is 5.32 Å². The summed E-state index contributed by atoms with van der Waals surface area (Å²) in [6.45, 7) is 2.25. The van der Waals surface area contributed by atoms with E-state index in [0.29, 0.717) is 5.92 Å². The third-order valence-electron chi connectivity index (χ3n) is 2.65. The Morgan fingerprint density at radius 2 is 2.21 bits per heavy atom. The Morgan fingerprint density at radius 3 is 2.86 bits per heavy atom. The summed E-state index contributed by atoms with van der Waals surface area (Å²) in [6.07, 6.45) is 2.55. The average molecular weight is 322 g/mol. The monoisotopic (exact) mass is 321 g/mol. The molecule has 0 saturated carbocycles. The molecule has 0 aromatic heterocycles. The third-order valence-corrected chi connectivity index (χ3v) is 3.49. The molecule has 2 rings (SSSR count). The molecule has 1 heterocycles. The highest BCUT2D eigenvalue weighted by atomic mass is 127. The molecule has 3 heteroatoms. The van der Waals surface area contributed by atoms with Crippen LogP contribution in [0, 0.1) is 3.57 Å². The molecule has 0 unspecified atom stereocenters. The summed E-state index contributed by atoms with van der Waals surface area (Å²) in [5.41, 5.74) is 1.38. The van der Waals surface area contributed by atoms with Crippen LogP contribution < -0.4 is 5.32 Å². The first-order valence-corrected chi connectivity index (χ1v) is 6.38. The van der Waals surface area contributed by atoms with Crippen LogP contribution in [-0.4, -0.2) is 13.1 Å². The molecule has 0 radical (unpaired) electrons. The molecule has 1 atom stereocenters. The lowest BCUT2D eigenvalue weighted by molar-refractivity contribution is 0.461. The predicted octanol–water partition coefficient (Wildman–Crippen LogP) is 3.41. The first-order chi connectivity index (χ1) is 6.75. The minimum absolute atomic E-state index is 0.649. The molecule has 14 heavy (non-hydrogen) atoms. The predicted molar refractivity (Wildman–Crippen MR) is 69.0 cm³/mol. The molecule has 1 aliphatic heterocycles. The number of piperidine rings is 1. The molecule has 1 aromatic carbocycles. The normalized spacial score (nSPS) is 22.3. The summed E-state index contributed by atoms with van der Waals surface area (Å²) in [4.78, 5) is 0. The summed E-state index contributed by atoms with van der Waals surface area (Å²) >= 11 is 8.37. The molecule has 1 saturated heterocycles. The van der Waals surface area contributed by atoms with Crippen molar-refractivity contribution in [2.24, 2.45) is 0 Å². The van der Waals surface area contributed by atoms with Gasteiger partial charge in [0.05, 0.1) is 0 Å². The zero-order valence-corrected chi connectivity index (χ0v) is 10.8. The van der Waals surface area contributed by atoms with Crippen molar-refractivity contribution in [1.29, 1.82) is 0 Å². The van der Waals surface area contributed by atoms with Gasteiger partial charge in [0.15, 0.2) is 0 Å². The van der Waals surface area contributed by atoms with Crippen molar-refractivity contribution >= 4 is 34.2 Å². The van der Waals surface area contributed by atoms with Crippen LogP contribution in [0.1, 0.15) is 24.3 Å². The minimum Gasteiger partial charge on any atom is -0.316 e. The lowest BCUT2D eigenvalue weighted by Crippen LogP contribution is -2.28. The molecule has 0 bridgehead atoms. The second kappa shape index (κ2) is 4.81. The summed E-state index contributed by atoms with van der Waals surface area (Å²) in [5.74, 6) is 0.649. The third kappa shape index (κ3) is 2.61. The van der Waals surface area contributed by atoms with Crippen LogP contribution in [0.25, 0.3) is 0 Å². The molecule has 0 spiro atoms. The van der Waals surface area contributed by atoms with Gasteiger partial charge in [0.2, 0.25) is 0 Å². The fourth-order valence-electron chi connectivity index (χ4n) is 1.95. The van der Waals surface area contributed by atoms with Gasteiger partial charge in [-0.05, 0) is 71.7 Å². The average Bonchev–Trinajstić information content (AvgIpc) is 2.18. The van der Waals surface area contributed by atoms with E-state index >= 15 is 0 Å². The van der Waals surface area contributed by atoms with Gasteiger partial charge in [-0.2, -0.15) is 0 Å². The van der Waals surface area contributed by atoms with Crippen LogP contribution in [0.2, 0.25) is 5.02 Å². The number of hydrogen-bond donors (Lipinski definition) is 1. The zero-order chi connectivity index (χ0) is 9.97. The van der Waals surface area contributed by atoms with Crippen LogP contribution in [-0.2, 0) is 0 Å². The van der Waals surface area contributed by atoms with E-state index in [4.69, 9.17) is 11.6 Å². The van der Waals surface area contributed by atoms with E-state index in [2.05, 4.69) is 40.0 Å². The van der Waals surface area contributed by atoms with Crippen LogP contribution >= 0.6 is 34.2 Å². The van der Waals surface area contributed by atoms with Crippen molar-refractivity contribution in [3.8, 4) is 0 Å². The van der Waals surface area contributed by atoms with Gasteiger partial charge in [-0.1, -0.05) is 11.6 Å². The largest absolute Gasteiger partial charge is 0.316 e. The van der Waals surface area contributed by atoms with Gasteiger partial charge in [-0.3, -0.25) is 0 Å². The standard InChI is InChI=1S/C11H13ClIN/c12-10-4-9(5-11(13)6-10)8-2-1-3-14-7-8/h4-6,8,14H,1-3,7H2/t8-/m1/s1. The van der Waals surface area contributed by atoms with Crippen LogP contribution in [0.15, 0.2) is 18.2 Å². The Labute approximate surface area is 103 Å². The summed E-state index contributed by atoms with van der Waals surface area (Å²) < 4.78 is 1.23. The molecular weight excluding hydrogens is 308 g/mol. The highest BCUT2D eigenvalue weighted by molar-refractivity contribution is 14.1. The van der Waals surface area contributed by atoms with E-state index in [-0.39, 0.29) is 0 Å². The highest BCUT2D eigenvalue weighted by Crippen LogP contribution is 2.27. The summed E-state index contributed by atoms with van der Waals surface area (Å²) in [7, 11) is 0. The Morgan fingerprint density at radius 1 is 1.36 bits per heavy atom. The molecule has 76 valence electrons. The van der Waals surface area contributed by atoms with E-state index in [9.17, 15) is 0 Å². The molecule has 1 nitrogen and oxygen atoms in total. The van der Waals surface area contributed by atoms with Crippen LogP contribution in [0.3, 0.4) is 0 Å². The van der Waals surface area contributed by atoms with Gasteiger partial charge in [-0.15, -0.1) is 0 Å². The van der Waals surface area contributed by atoms with Gasteiger partial charge in [0, 0.05) is 15.1 Å². The minimum atomic E-state index is 0.649. The quantitative estimate of drug-likeness (QED) is 0.782. The van der Waals surface area contributed by atoms with Crippen molar-refractivity contribution < 1.29 is 0 Å². The van der Waals surface area contributed by atoms with Crippen LogP contribution in [0.5, 0.6) is 0 Å². The van der Waals surface area contributed by atoms with E-state index in [1.165, 1.54) is 22.0 Å². The number of nitrogens with one attached hydrogen (secondary N) is 1. The second-order valence-electron chi connectivity index (χ2n) is 3.75. The summed E-state index contributed by atoms with van der Waals surface area (Å²) in [6, 6.07) is 6.34. The fourth-order valence-corrected chi connectivity index (χ4v) is 3.07. The van der Waals surface area contributed by atoms with Crippen molar-refractivity contribution in [3.05, 3.63) is 32.4 Å². The van der Waals surface area contributed by atoms with Gasteiger partial charge in [0.1, 0.15) is 0 Å². The van der Waals surface area contributed by atoms with Gasteiger partial charge >= 0.3 is 0 Å². The maximum atomic E-state index is 6.04. The molecule has 0 aliphatic carbocycles. The van der Waals surface area contributed by atoms with Gasteiger partial charge in [-0.25, -0.2) is 0 Å². The molecule has 1 fully saturated rings. The Balaban J connectivity index is 2.21. The SMILES string of the molecule is Clc1cc(I)cc([C@@H]2CCCNC2)c1. The first-order valence-electron chi connectivity index (χ1n) is 4.92. The van der Waals surface area contributed by atoms with Gasteiger partial charge in [0.25, 0.3) is 0 Å². The maximum absolute atomic E-state index is 6.04. The van der Waals surface area contributed by atoms with Crippen LogP contribution in [0.4, 0.5) is 0 Å². The first kappa shape index (κ1) is 10.7. The molecule has 1 N–H and O–H groups in total. The second-order valence-corrected chi connectivity index (χ2v) is 5.43. The zero-order valence-electron chi connectivity index (χ0n) is 7.89. The molecular formula is C11H13ClIN. The number of benzene rings is 1. The van der Waals surface area contributed by atoms with Crippen molar-refractivity contribution in [3.63, 3.8) is 0 Å². The lowest BCUT2D eigenvalue weighted by atomic mass is 9.92. The number of rotatable bonds is 1. The Bertz CT molecular complexity index is 301. The number of halogens is 2. The van der Waals surface area contributed by atoms with E-state index in [1.54, 1.807) is 0 Å². The molecule has 1 aromatic rings. The van der Waals surface area contributed by atoms with Crippen molar-refractivity contribution in [2.75, 3.05) is 13.1 Å². The molecule has 0 amide bonds. The maximum Gasteiger partial charge on any atom is 0.0419 e. The Kier molecular flexibility index (Phi) is 3.68. The van der Waals surface area contributed by atoms with Crippen molar-refractivity contribution in [2.45, 2.75) is 18.8 Å².